The lowest BCUT2D eigenvalue weighted by Crippen LogP contribution is -2.06. The summed E-state index contributed by atoms with van der Waals surface area (Å²) in [6.45, 7) is 4.87. The molecule has 1 atom stereocenters. The zero-order chi connectivity index (χ0) is 14.7. The number of nitrogens with zero attached hydrogens (tertiary/aromatic N) is 4. The third-order valence-electron chi connectivity index (χ3n) is 3.18. The van der Waals surface area contributed by atoms with E-state index in [4.69, 9.17) is 4.52 Å². The number of hydrogen-bond acceptors (Lipinski definition) is 5. The molecule has 2 aromatic heterocycles. The Labute approximate surface area is 122 Å². The number of hydrogen-bond donors (Lipinski definition) is 1. The molecular weight excluding hydrogens is 266 g/mol. The third kappa shape index (κ3) is 2.94. The molecule has 0 amide bonds. The van der Waals surface area contributed by atoms with Gasteiger partial charge in [0, 0.05) is 18.3 Å². The van der Waals surface area contributed by atoms with Crippen molar-refractivity contribution in [3.8, 4) is 11.4 Å². The van der Waals surface area contributed by atoms with Crippen molar-refractivity contribution in [1.29, 1.82) is 0 Å². The molecular formula is C15H17N5O. The van der Waals surface area contributed by atoms with Gasteiger partial charge in [-0.15, -0.1) is 0 Å². The maximum Gasteiger partial charge on any atom is 0.249 e. The van der Waals surface area contributed by atoms with Gasteiger partial charge in [0.2, 0.25) is 11.7 Å². The van der Waals surface area contributed by atoms with Crippen molar-refractivity contribution >= 4 is 5.69 Å². The van der Waals surface area contributed by atoms with Crippen LogP contribution in [0, 0.1) is 0 Å². The molecule has 6 heteroatoms. The van der Waals surface area contributed by atoms with Crippen LogP contribution in [0.3, 0.4) is 0 Å². The lowest BCUT2D eigenvalue weighted by atomic mass is 10.2. The summed E-state index contributed by atoms with van der Waals surface area (Å²) >= 11 is 0. The number of aromatic nitrogens is 4. The summed E-state index contributed by atoms with van der Waals surface area (Å²) in [6, 6.07) is 9.69. The summed E-state index contributed by atoms with van der Waals surface area (Å²) < 4.78 is 7.19. The monoisotopic (exact) mass is 283 g/mol. The molecule has 6 nitrogen and oxygen atoms in total. The summed E-state index contributed by atoms with van der Waals surface area (Å²) in [6.07, 6.45) is 3.74. The van der Waals surface area contributed by atoms with E-state index in [1.165, 1.54) is 0 Å². The molecule has 0 spiro atoms. The molecule has 0 saturated heterocycles. The standard InChI is InChI=1S/C15H17N5O/c1-3-20-10-13(9-16-20)17-11(2)15-18-14(19-21-15)12-7-5-4-6-8-12/h4-11,17H,3H2,1-2H3. The van der Waals surface area contributed by atoms with E-state index in [9.17, 15) is 0 Å². The average Bonchev–Trinajstić information content (AvgIpc) is 3.17. The van der Waals surface area contributed by atoms with Crippen molar-refractivity contribution in [3.05, 3.63) is 48.6 Å². The van der Waals surface area contributed by atoms with Crippen LogP contribution in [0.4, 0.5) is 5.69 Å². The second kappa shape index (κ2) is 5.78. The van der Waals surface area contributed by atoms with Gasteiger partial charge in [0.25, 0.3) is 0 Å². The fourth-order valence-electron chi connectivity index (χ4n) is 2.04. The van der Waals surface area contributed by atoms with Gasteiger partial charge in [0.15, 0.2) is 0 Å². The van der Waals surface area contributed by atoms with E-state index in [1.54, 1.807) is 6.20 Å². The fraction of sp³-hybridized carbons (Fsp3) is 0.267. The van der Waals surface area contributed by atoms with Crippen LogP contribution in [0.2, 0.25) is 0 Å². The van der Waals surface area contributed by atoms with Crippen LogP contribution in [-0.2, 0) is 6.54 Å². The van der Waals surface area contributed by atoms with Crippen LogP contribution >= 0.6 is 0 Å². The molecule has 108 valence electrons. The Hall–Kier alpha value is -2.63. The number of anilines is 1. The molecule has 0 aliphatic heterocycles. The first kappa shape index (κ1) is 13.4. The van der Waals surface area contributed by atoms with E-state index in [0.29, 0.717) is 11.7 Å². The second-order valence-electron chi connectivity index (χ2n) is 4.77. The van der Waals surface area contributed by atoms with Crippen LogP contribution in [0.1, 0.15) is 25.8 Å². The summed E-state index contributed by atoms with van der Waals surface area (Å²) in [5, 5.41) is 11.5. The van der Waals surface area contributed by atoms with Gasteiger partial charge < -0.3 is 9.84 Å². The third-order valence-corrected chi connectivity index (χ3v) is 3.18. The highest BCUT2D eigenvalue weighted by Crippen LogP contribution is 2.21. The Balaban J connectivity index is 1.73. The van der Waals surface area contributed by atoms with Gasteiger partial charge in [-0.2, -0.15) is 10.1 Å². The van der Waals surface area contributed by atoms with Crippen LogP contribution in [0.5, 0.6) is 0 Å². The summed E-state index contributed by atoms with van der Waals surface area (Å²) in [7, 11) is 0. The summed E-state index contributed by atoms with van der Waals surface area (Å²) in [4.78, 5) is 4.44. The first-order chi connectivity index (χ1) is 10.3. The molecule has 0 saturated carbocycles. The van der Waals surface area contributed by atoms with Crippen molar-refractivity contribution in [2.45, 2.75) is 26.4 Å². The Morgan fingerprint density at radius 2 is 2.10 bits per heavy atom. The van der Waals surface area contributed by atoms with E-state index in [1.807, 2.05) is 55.1 Å². The van der Waals surface area contributed by atoms with Crippen LogP contribution in [-0.4, -0.2) is 19.9 Å². The second-order valence-corrected chi connectivity index (χ2v) is 4.77. The van der Waals surface area contributed by atoms with Gasteiger partial charge in [-0.3, -0.25) is 4.68 Å². The molecule has 0 bridgehead atoms. The van der Waals surface area contributed by atoms with Crippen molar-refractivity contribution in [2.24, 2.45) is 0 Å². The lowest BCUT2D eigenvalue weighted by molar-refractivity contribution is 0.368. The highest BCUT2D eigenvalue weighted by atomic mass is 16.5. The van der Waals surface area contributed by atoms with Crippen molar-refractivity contribution < 1.29 is 4.52 Å². The van der Waals surface area contributed by atoms with Crippen molar-refractivity contribution in [1.82, 2.24) is 19.9 Å². The first-order valence-corrected chi connectivity index (χ1v) is 6.94. The zero-order valence-corrected chi connectivity index (χ0v) is 12.0. The molecule has 0 aliphatic rings. The van der Waals surface area contributed by atoms with E-state index in [-0.39, 0.29) is 6.04 Å². The van der Waals surface area contributed by atoms with Crippen LogP contribution in [0.15, 0.2) is 47.2 Å². The molecule has 0 radical (unpaired) electrons. The maximum absolute atomic E-state index is 5.34. The van der Waals surface area contributed by atoms with Crippen molar-refractivity contribution in [2.75, 3.05) is 5.32 Å². The SMILES string of the molecule is CCn1cc(NC(C)c2nc(-c3ccccc3)no2)cn1. The Morgan fingerprint density at radius 3 is 2.81 bits per heavy atom. The smallest absolute Gasteiger partial charge is 0.249 e. The normalized spacial score (nSPS) is 12.3. The van der Waals surface area contributed by atoms with Crippen LogP contribution < -0.4 is 5.32 Å². The minimum Gasteiger partial charge on any atom is -0.371 e. The molecule has 2 heterocycles. The molecule has 1 unspecified atom stereocenters. The van der Waals surface area contributed by atoms with Gasteiger partial charge in [-0.25, -0.2) is 0 Å². The Bertz CT molecular complexity index is 704. The van der Waals surface area contributed by atoms with Crippen LogP contribution in [0.25, 0.3) is 11.4 Å². The number of nitrogens with one attached hydrogen (secondary N) is 1. The minimum atomic E-state index is -0.0792. The number of aryl methyl sites for hydroxylation is 1. The largest absolute Gasteiger partial charge is 0.371 e. The molecule has 3 aromatic rings. The molecule has 1 N–H and O–H groups in total. The first-order valence-electron chi connectivity index (χ1n) is 6.94. The van der Waals surface area contributed by atoms with E-state index in [0.717, 1.165) is 17.8 Å². The maximum atomic E-state index is 5.34. The molecule has 21 heavy (non-hydrogen) atoms. The molecule has 3 rings (SSSR count). The van der Waals surface area contributed by atoms with E-state index in [2.05, 4.69) is 20.6 Å². The predicted octanol–water partition coefficient (Wildman–Crippen LogP) is 3.13. The topological polar surface area (TPSA) is 68.8 Å². The summed E-state index contributed by atoms with van der Waals surface area (Å²) in [5.41, 5.74) is 1.88. The highest BCUT2D eigenvalue weighted by molar-refractivity contribution is 5.53. The van der Waals surface area contributed by atoms with Gasteiger partial charge in [0.05, 0.1) is 11.9 Å². The van der Waals surface area contributed by atoms with Crippen molar-refractivity contribution in [3.63, 3.8) is 0 Å². The van der Waals surface area contributed by atoms with Gasteiger partial charge in [0.1, 0.15) is 6.04 Å². The lowest BCUT2D eigenvalue weighted by Gasteiger charge is -2.07. The molecule has 0 fully saturated rings. The molecule has 1 aromatic carbocycles. The van der Waals surface area contributed by atoms with Gasteiger partial charge >= 0.3 is 0 Å². The minimum absolute atomic E-state index is 0.0792. The Kier molecular flexibility index (Phi) is 3.68. The van der Waals surface area contributed by atoms with E-state index < -0.39 is 0 Å². The zero-order valence-electron chi connectivity index (χ0n) is 12.0. The van der Waals surface area contributed by atoms with Gasteiger partial charge in [-0.1, -0.05) is 35.5 Å². The number of benzene rings is 1. The molecule has 0 aliphatic carbocycles. The highest BCUT2D eigenvalue weighted by Gasteiger charge is 2.15. The average molecular weight is 283 g/mol. The Morgan fingerprint density at radius 1 is 1.29 bits per heavy atom. The fourth-order valence-corrected chi connectivity index (χ4v) is 2.04. The quantitative estimate of drug-likeness (QED) is 0.779. The number of rotatable bonds is 5. The predicted molar refractivity (Wildman–Crippen MR) is 79.7 cm³/mol. The van der Waals surface area contributed by atoms with E-state index >= 15 is 0 Å². The van der Waals surface area contributed by atoms with Gasteiger partial charge in [-0.05, 0) is 13.8 Å². The summed E-state index contributed by atoms with van der Waals surface area (Å²) in [5.74, 6) is 1.15.